The van der Waals surface area contributed by atoms with Crippen LogP contribution in [0, 0.1) is 0 Å². The van der Waals surface area contributed by atoms with Crippen LogP contribution in [0.2, 0.25) is 0 Å². The van der Waals surface area contributed by atoms with Gasteiger partial charge in [0.05, 0.1) is 12.7 Å². The van der Waals surface area contributed by atoms with Crippen molar-refractivity contribution < 1.29 is 19.5 Å². The molecule has 122 valence electrons. The number of aromatic nitrogens is 3. The maximum atomic E-state index is 12.2. The number of rotatable bonds is 9. The normalized spacial score (nSPS) is 10.3. The standard InChI is InChI=1S/C13H21N5O4/c1-3-5-14-11(19)8-17(6-4-2)12(20)9-18-7-10(13(21)22)15-16-18/h7H,3-6,8-9H2,1-2H3,(H,14,19)(H,21,22). The van der Waals surface area contributed by atoms with E-state index in [2.05, 4.69) is 15.6 Å². The Hall–Kier alpha value is -2.45. The molecule has 0 aromatic carbocycles. The van der Waals surface area contributed by atoms with Crippen LogP contribution in [0.5, 0.6) is 0 Å². The van der Waals surface area contributed by atoms with Crippen LogP contribution in [-0.2, 0) is 16.1 Å². The Morgan fingerprint density at radius 1 is 1.32 bits per heavy atom. The summed E-state index contributed by atoms with van der Waals surface area (Å²) in [6.07, 6.45) is 2.72. The van der Waals surface area contributed by atoms with Gasteiger partial charge in [0.2, 0.25) is 11.8 Å². The number of nitrogens with one attached hydrogen (secondary N) is 1. The van der Waals surface area contributed by atoms with E-state index in [4.69, 9.17) is 5.11 Å². The average molecular weight is 311 g/mol. The van der Waals surface area contributed by atoms with Gasteiger partial charge >= 0.3 is 5.97 Å². The third-order valence-corrected chi connectivity index (χ3v) is 2.81. The number of carbonyl (C=O) groups excluding carboxylic acids is 2. The van der Waals surface area contributed by atoms with Crippen molar-refractivity contribution >= 4 is 17.8 Å². The van der Waals surface area contributed by atoms with Crippen molar-refractivity contribution in [3.63, 3.8) is 0 Å². The van der Waals surface area contributed by atoms with Crippen LogP contribution in [0.3, 0.4) is 0 Å². The fourth-order valence-corrected chi connectivity index (χ4v) is 1.77. The highest BCUT2D eigenvalue weighted by Gasteiger charge is 2.18. The molecule has 1 heterocycles. The minimum atomic E-state index is -1.21. The van der Waals surface area contributed by atoms with Gasteiger partial charge in [0.25, 0.3) is 0 Å². The molecule has 22 heavy (non-hydrogen) atoms. The van der Waals surface area contributed by atoms with Crippen molar-refractivity contribution in [3.8, 4) is 0 Å². The van der Waals surface area contributed by atoms with Crippen molar-refractivity contribution in [2.45, 2.75) is 33.2 Å². The molecule has 0 radical (unpaired) electrons. The smallest absolute Gasteiger partial charge is 0.358 e. The maximum absolute atomic E-state index is 12.2. The Labute approximate surface area is 128 Å². The van der Waals surface area contributed by atoms with Crippen LogP contribution < -0.4 is 5.32 Å². The van der Waals surface area contributed by atoms with Gasteiger partial charge in [-0.2, -0.15) is 0 Å². The molecule has 0 saturated carbocycles. The average Bonchev–Trinajstić information content (AvgIpc) is 2.93. The first-order chi connectivity index (χ1) is 10.5. The number of aromatic carboxylic acids is 1. The molecule has 9 nitrogen and oxygen atoms in total. The van der Waals surface area contributed by atoms with Crippen molar-refractivity contribution in [3.05, 3.63) is 11.9 Å². The van der Waals surface area contributed by atoms with Gasteiger partial charge in [0.1, 0.15) is 6.54 Å². The Kier molecular flexibility index (Phi) is 7.00. The summed E-state index contributed by atoms with van der Waals surface area (Å²) in [5.74, 6) is -1.73. The minimum absolute atomic E-state index is 0.0207. The molecule has 0 spiro atoms. The van der Waals surface area contributed by atoms with Gasteiger partial charge in [-0.15, -0.1) is 5.10 Å². The molecule has 0 aliphatic rings. The highest BCUT2D eigenvalue weighted by molar-refractivity contribution is 5.85. The molecule has 0 saturated heterocycles. The molecule has 0 unspecified atom stereocenters. The van der Waals surface area contributed by atoms with Crippen LogP contribution in [-0.4, -0.2) is 62.4 Å². The number of hydrogen-bond acceptors (Lipinski definition) is 5. The van der Waals surface area contributed by atoms with E-state index in [1.165, 1.54) is 11.1 Å². The Morgan fingerprint density at radius 2 is 2.05 bits per heavy atom. The van der Waals surface area contributed by atoms with E-state index in [0.717, 1.165) is 11.1 Å². The van der Waals surface area contributed by atoms with Gasteiger partial charge in [-0.1, -0.05) is 19.1 Å². The first kappa shape index (κ1) is 17.6. The molecule has 1 rings (SSSR count). The summed E-state index contributed by atoms with van der Waals surface area (Å²) < 4.78 is 1.15. The molecule has 0 atom stereocenters. The third-order valence-electron chi connectivity index (χ3n) is 2.81. The molecule has 0 aliphatic heterocycles. The third kappa shape index (κ3) is 5.51. The lowest BCUT2D eigenvalue weighted by Gasteiger charge is -2.21. The molecule has 0 aliphatic carbocycles. The zero-order valence-electron chi connectivity index (χ0n) is 12.8. The van der Waals surface area contributed by atoms with E-state index in [1.807, 2.05) is 13.8 Å². The fourth-order valence-electron chi connectivity index (χ4n) is 1.77. The van der Waals surface area contributed by atoms with Gasteiger partial charge in [-0.25, -0.2) is 9.48 Å². The Morgan fingerprint density at radius 3 is 2.59 bits per heavy atom. The number of nitrogens with zero attached hydrogens (tertiary/aromatic N) is 4. The molecular formula is C13H21N5O4. The number of carboxylic acids is 1. The summed E-state index contributed by atoms with van der Waals surface area (Å²) in [6.45, 7) is 4.69. The first-order valence-corrected chi connectivity index (χ1v) is 7.15. The zero-order chi connectivity index (χ0) is 16.5. The van der Waals surface area contributed by atoms with Gasteiger partial charge in [-0.05, 0) is 12.8 Å². The van der Waals surface area contributed by atoms with Crippen molar-refractivity contribution in [1.82, 2.24) is 25.2 Å². The Balaban J connectivity index is 2.63. The van der Waals surface area contributed by atoms with E-state index in [1.54, 1.807) is 0 Å². The topological polar surface area (TPSA) is 117 Å². The number of amides is 2. The van der Waals surface area contributed by atoms with Crippen molar-refractivity contribution in [2.24, 2.45) is 0 Å². The lowest BCUT2D eigenvalue weighted by molar-refractivity contribution is -0.136. The summed E-state index contributed by atoms with van der Waals surface area (Å²) in [4.78, 5) is 36.1. The first-order valence-electron chi connectivity index (χ1n) is 7.15. The van der Waals surface area contributed by atoms with Crippen molar-refractivity contribution in [2.75, 3.05) is 19.6 Å². The molecule has 1 aromatic heterocycles. The predicted octanol–water partition coefficient (Wildman–Crippen LogP) is -0.259. The monoisotopic (exact) mass is 311 g/mol. The number of carbonyl (C=O) groups is 3. The second kappa shape index (κ2) is 8.75. The molecule has 1 aromatic rings. The largest absolute Gasteiger partial charge is 0.476 e. The van der Waals surface area contributed by atoms with Crippen molar-refractivity contribution in [1.29, 1.82) is 0 Å². The van der Waals surface area contributed by atoms with E-state index in [-0.39, 0.29) is 30.6 Å². The molecule has 2 amide bonds. The lowest BCUT2D eigenvalue weighted by atomic mass is 10.3. The molecule has 9 heteroatoms. The van der Waals surface area contributed by atoms with Gasteiger partial charge < -0.3 is 15.3 Å². The zero-order valence-corrected chi connectivity index (χ0v) is 12.8. The summed E-state index contributed by atoms with van der Waals surface area (Å²) in [7, 11) is 0. The summed E-state index contributed by atoms with van der Waals surface area (Å²) in [5.41, 5.74) is -0.226. The highest BCUT2D eigenvalue weighted by Crippen LogP contribution is 1.98. The molecular weight excluding hydrogens is 290 g/mol. The second-order valence-electron chi connectivity index (χ2n) is 4.77. The summed E-state index contributed by atoms with van der Waals surface area (Å²) in [5, 5.41) is 18.5. The van der Waals surface area contributed by atoms with E-state index in [0.29, 0.717) is 19.5 Å². The number of hydrogen-bond donors (Lipinski definition) is 2. The number of carboxylic acid groups (broad SMARTS) is 1. The van der Waals surface area contributed by atoms with Crippen LogP contribution in [0.25, 0.3) is 0 Å². The maximum Gasteiger partial charge on any atom is 0.358 e. The van der Waals surface area contributed by atoms with Gasteiger partial charge in [0.15, 0.2) is 5.69 Å². The summed E-state index contributed by atoms with van der Waals surface area (Å²) >= 11 is 0. The lowest BCUT2D eigenvalue weighted by Crippen LogP contribution is -2.42. The Bertz CT molecular complexity index is 528. The highest BCUT2D eigenvalue weighted by atomic mass is 16.4. The SMILES string of the molecule is CCCNC(=O)CN(CCC)C(=O)Cn1cc(C(=O)O)nn1. The second-order valence-corrected chi connectivity index (χ2v) is 4.77. The van der Waals surface area contributed by atoms with Crippen LogP contribution in [0.4, 0.5) is 0 Å². The van der Waals surface area contributed by atoms with Crippen LogP contribution >= 0.6 is 0 Å². The van der Waals surface area contributed by atoms with Crippen LogP contribution in [0.1, 0.15) is 37.2 Å². The van der Waals surface area contributed by atoms with Gasteiger partial charge in [-0.3, -0.25) is 9.59 Å². The van der Waals surface area contributed by atoms with Crippen LogP contribution in [0.15, 0.2) is 6.20 Å². The van der Waals surface area contributed by atoms with E-state index < -0.39 is 5.97 Å². The molecule has 0 fully saturated rings. The fraction of sp³-hybridized carbons (Fsp3) is 0.615. The van der Waals surface area contributed by atoms with Gasteiger partial charge in [0, 0.05) is 13.1 Å². The quantitative estimate of drug-likeness (QED) is 0.649. The van der Waals surface area contributed by atoms with E-state index in [9.17, 15) is 14.4 Å². The molecule has 0 bridgehead atoms. The minimum Gasteiger partial charge on any atom is -0.476 e. The van der Waals surface area contributed by atoms with E-state index >= 15 is 0 Å². The molecule has 2 N–H and O–H groups in total. The predicted molar refractivity (Wildman–Crippen MR) is 77.2 cm³/mol. The summed E-state index contributed by atoms with van der Waals surface area (Å²) in [6, 6.07) is 0.